The molecule has 0 aliphatic heterocycles. The standard InChI is InChI=1S/C27H23N3O2/c1-18-6-4-7-21(14-18)15-26(32)23-10-9-19(2)22(16-23)11-12-24-17-28-27-25(29-20(3)31)8-5-13-30(24)27/h4-10,13-14,16-17H,15H2,1-3H3,(H,29,31). The summed E-state index contributed by atoms with van der Waals surface area (Å²) >= 11 is 0. The summed E-state index contributed by atoms with van der Waals surface area (Å²) in [7, 11) is 0. The second-order valence-electron chi connectivity index (χ2n) is 7.81. The van der Waals surface area contributed by atoms with Crippen molar-refractivity contribution >= 4 is 23.0 Å². The van der Waals surface area contributed by atoms with E-state index in [0.29, 0.717) is 29.0 Å². The quantitative estimate of drug-likeness (QED) is 0.383. The highest BCUT2D eigenvalue weighted by atomic mass is 16.1. The molecule has 0 fully saturated rings. The van der Waals surface area contributed by atoms with Crippen LogP contribution in [-0.4, -0.2) is 21.1 Å². The van der Waals surface area contributed by atoms with E-state index in [2.05, 4.69) is 22.1 Å². The molecule has 0 saturated heterocycles. The number of aromatic nitrogens is 2. The van der Waals surface area contributed by atoms with Crippen LogP contribution in [0.5, 0.6) is 0 Å². The van der Waals surface area contributed by atoms with Crippen molar-refractivity contribution in [3.63, 3.8) is 0 Å². The Balaban J connectivity index is 1.62. The lowest BCUT2D eigenvalue weighted by Crippen LogP contribution is -2.07. The number of hydrogen-bond donors (Lipinski definition) is 1. The molecule has 0 radical (unpaired) electrons. The summed E-state index contributed by atoms with van der Waals surface area (Å²) in [5.74, 6) is 6.25. The Labute approximate surface area is 187 Å². The maximum atomic E-state index is 12.8. The number of nitrogens with zero attached hydrogens (tertiary/aromatic N) is 2. The fraction of sp³-hybridized carbons (Fsp3) is 0.148. The number of hydrogen-bond acceptors (Lipinski definition) is 3. The molecular weight excluding hydrogens is 398 g/mol. The van der Waals surface area contributed by atoms with Crippen LogP contribution < -0.4 is 5.32 Å². The van der Waals surface area contributed by atoms with Crippen LogP contribution in [-0.2, 0) is 11.2 Å². The Kier molecular flexibility index (Phi) is 5.87. The maximum Gasteiger partial charge on any atom is 0.221 e. The summed E-state index contributed by atoms with van der Waals surface area (Å²) in [5, 5.41) is 2.78. The van der Waals surface area contributed by atoms with E-state index in [0.717, 1.165) is 22.3 Å². The van der Waals surface area contributed by atoms with Crippen LogP contribution in [0, 0.1) is 25.7 Å². The van der Waals surface area contributed by atoms with Crippen LogP contribution in [0.2, 0.25) is 0 Å². The number of aryl methyl sites for hydroxylation is 2. The number of pyridine rings is 1. The van der Waals surface area contributed by atoms with Crippen molar-refractivity contribution in [2.24, 2.45) is 0 Å². The van der Waals surface area contributed by atoms with Crippen molar-refractivity contribution in [2.75, 3.05) is 5.32 Å². The van der Waals surface area contributed by atoms with E-state index in [9.17, 15) is 9.59 Å². The average Bonchev–Trinajstić information content (AvgIpc) is 3.17. The first-order valence-corrected chi connectivity index (χ1v) is 10.4. The van der Waals surface area contributed by atoms with E-state index in [1.165, 1.54) is 6.92 Å². The molecule has 0 aliphatic carbocycles. The van der Waals surface area contributed by atoms with Crippen molar-refractivity contribution in [2.45, 2.75) is 27.2 Å². The average molecular weight is 422 g/mol. The zero-order chi connectivity index (χ0) is 22.7. The number of amides is 1. The molecule has 2 heterocycles. The Morgan fingerprint density at radius 2 is 1.88 bits per heavy atom. The number of ketones is 1. The van der Waals surface area contributed by atoms with Crippen molar-refractivity contribution in [3.8, 4) is 11.8 Å². The maximum absolute atomic E-state index is 12.8. The van der Waals surface area contributed by atoms with Gasteiger partial charge in [-0.2, -0.15) is 0 Å². The molecule has 0 unspecified atom stereocenters. The van der Waals surface area contributed by atoms with Gasteiger partial charge in [0.2, 0.25) is 5.91 Å². The van der Waals surface area contributed by atoms with Gasteiger partial charge in [-0.05, 0) is 49.1 Å². The van der Waals surface area contributed by atoms with Gasteiger partial charge in [0.05, 0.1) is 11.9 Å². The first-order chi connectivity index (χ1) is 15.4. The van der Waals surface area contributed by atoms with Gasteiger partial charge in [0.25, 0.3) is 0 Å². The second kappa shape index (κ2) is 8.91. The van der Waals surface area contributed by atoms with Crippen molar-refractivity contribution < 1.29 is 9.59 Å². The summed E-state index contributed by atoms with van der Waals surface area (Å²) in [6.45, 7) is 5.46. The number of rotatable bonds is 4. The van der Waals surface area contributed by atoms with Crippen LogP contribution in [0.15, 0.2) is 67.0 Å². The normalized spacial score (nSPS) is 10.5. The van der Waals surface area contributed by atoms with Gasteiger partial charge >= 0.3 is 0 Å². The Bertz CT molecular complexity index is 1400. The Hall–Kier alpha value is -4.17. The summed E-state index contributed by atoms with van der Waals surface area (Å²) in [4.78, 5) is 28.7. The van der Waals surface area contributed by atoms with Gasteiger partial charge in [0.15, 0.2) is 11.4 Å². The van der Waals surface area contributed by atoms with Gasteiger partial charge in [-0.15, -0.1) is 0 Å². The third-order valence-electron chi connectivity index (χ3n) is 5.18. The van der Waals surface area contributed by atoms with Crippen molar-refractivity contribution in [3.05, 3.63) is 101 Å². The Morgan fingerprint density at radius 3 is 2.66 bits per heavy atom. The van der Waals surface area contributed by atoms with Crippen LogP contribution >= 0.6 is 0 Å². The molecule has 32 heavy (non-hydrogen) atoms. The number of fused-ring (bicyclic) bond motifs is 1. The zero-order valence-electron chi connectivity index (χ0n) is 18.3. The number of carbonyl (C=O) groups excluding carboxylic acids is 2. The minimum absolute atomic E-state index is 0.0633. The molecule has 4 rings (SSSR count). The molecule has 0 atom stereocenters. The minimum Gasteiger partial charge on any atom is -0.323 e. The predicted octanol–water partition coefficient (Wildman–Crippen LogP) is 4.73. The molecule has 0 aliphatic rings. The molecule has 158 valence electrons. The molecule has 2 aromatic heterocycles. The van der Waals surface area contributed by atoms with E-state index < -0.39 is 0 Å². The van der Waals surface area contributed by atoms with E-state index in [-0.39, 0.29) is 11.7 Å². The number of anilines is 1. The summed E-state index contributed by atoms with van der Waals surface area (Å²) in [6, 6.07) is 17.3. The molecule has 1 amide bonds. The third kappa shape index (κ3) is 4.60. The van der Waals surface area contributed by atoms with Crippen molar-refractivity contribution in [1.82, 2.24) is 9.38 Å². The first-order valence-electron chi connectivity index (χ1n) is 10.4. The lowest BCUT2D eigenvalue weighted by molar-refractivity contribution is -0.114. The number of imidazole rings is 1. The molecule has 0 spiro atoms. The third-order valence-corrected chi connectivity index (χ3v) is 5.18. The highest BCUT2D eigenvalue weighted by molar-refractivity contribution is 5.98. The first kappa shape index (κ1) is 21.1. The molecule has 2 aromatic carbocycles. The van der Waals surface area contributed by atoms with Gasteiger partial charge in [0.1, 0.15) is 5.69 Å². The van der Waals surface area contributed by atoms with E-state index in [4.69, 9.17) is 0 Å². The van der Waals surface area contributed by atoms with E-state index >= 15 is 0 Å². The van der Waals surface area contributed by atoms with Crippen LogP contribution in [0.3, 0.4) is 0 Å². The van der Waals surface area contributed by atoms with Gasteiger partial charge in [-0.3, -0.25) is 14.0 Å². The van der Waals surface area contributed by atoms with Gasteiger partial charge in [-0.25, -0.2) is 4.98 Å². The second-order valence-corrected chi connectivity index (χ2v) is 7.81. The molecule has 1 N–H and O–H groups in total. The smallest absolute Gasteiger partial charge is 0.221 e. The monoisotopic (exact) mass is 421 g/mol. The number of nitrogens with one attached hydrogen (secondary N) is 1. The fourth-order valence-electron chi connectivity index (χ4n) is 3.56. The molecule has 5 nitrogen and oxygen atoms in total. The highest BCUT2D eigenvalue weighted by Gasteiger charge is 2.10. The SMILES string of the molecule is CC(=O)Nc1cccn2c(C#Cc3cc(C(=O)Cc4cccc(C)c4)ccc3C)cnc12. The van der Waals surface area contributed by atoms with E-state index in [1.807, 2.05) is 73.0 Å². The van der Waals surface area contributed by atoms with Crippen LogP contribution in [0.4, 0.5) is 5.69 Å². The number of carbonyl (C=O) groups is 2. The predicted molar refractivity (Wildman–Crippen MR) is 126 cm³/mol. The fourth-order valence-corrected chi connectivity index (χ4v) is 3.56. The topological polar surface area (TPSA) is 63.5 Å². The molecule has 0 bridgehead atoms. The zero-order valence-corrected chi connectivity index (χ0v) is 18.3. The molecule has 0 saturated carbocycles. The number of benzene rings is 2. The summed E-state index contributed by atoms with van der Waals surface area (Å²) in [6.07, 6.45) is 3.89. The summed E-state index contributed by atoms with van der Waals surface area (Å²) in [5.41, 5.74) is 6.55. The van der Waals surface area contributed by atoms with Crippen molar-refractivity contribution in [1.29, 1.82) is 0 Å². The van der Waals surface area contributed by atoms with Gasteiger partial charge in [0, 0.05) is 30.7 Å². The van der Waals surface area contributed by atoms with Crippen LogP contribution in [0.25, 0.3) is 5.65 Å². The van der Waals surface area contributed by atoms with E-state index in [1.54, 1.807) is 12.3 Å². The largest absolute Gasteiger partial charge is 0.323 e. The lowest BCUT2D eigenvalue weighted by Gasteiger charge is -2.05. The van der Waals surface area contributed by atoms with Gasteiger partial charge < -0.3 is 5.32 Å². The van der Waals surface area contributed by atoms with Crippen LogP contribution in [0.1, 0.15) is 45.2 Å². The summed E-state index contributed by atoms with van der Waals surface area (Å²) < 4.78 is 1.83. The molecule has 4 aromatic rings. The highest BCUT2D eigenvalue weighted by Crippen LogP contribution is 2.18. The minimum atomic E-state index is -0.156. The Morgan fingerprint density at radius 1 is 1.03 bits per heavy atom. The number of Topliss-reactive ketones (excluding diaryl/α,β-unsaturated/α-hetero) is 1. The lowest BCUT2D eigenvalue weighted by atomic mass is 9.98. The molecule has 5 heteroatoms. The van der Waals surface area contributed by atoms with Gasteiger partial charge in [-0.1, -0.05) is 47.9 Å². The molecular formula is C27H23N3O2.